The van der Waals surface area contributed by atoms with Crippen LogP contribution in [0.1, 0.15) is 33.0 Å². The number of rotatable bonds is 3. The molecule has 2 heterocycles. The van der Waals surface area contributed by atoms with Gasteiger partial charge in [-0.3, -0.25) is 19.9 Å². The molecule has 0 aromatic carbocycles. The van der Waals surface area contributed by atoms with Crippen LogP contribution in [0.25, 0.3) is 0 Å². The number of aromatic nitrogens is 3. The Morgan fingerprint density at radius 3 is 2.58 bits per heavy atom. The van der Waals surface area contributed by atoms with E-state index in [2.05, 4.69) is 22.4 Å². The molecule has 0 bridgehead atoms. The molecular weight excluding hydrogens is 242 g/mol. The van der Waals surface area contributed by atoms with E-state index < -0.39 is 0 Å². The first-order chi connectivity index (χ1) is 9.02. The van der Waals surface area contributed by atoms with Crippen LogP contribution in [-0.4, -0.2) is 20.7 Å². The first-order valence-electron chi connectivity index (χ1n) is 5.99. The minimum atomic E-state index is -0.346. The maximum absolute atomic E-state index is 11.3. The third-order valence-corrected chi connectivity index (χ3v) is 3.27. The summed E-state index contributed by atoms with van der Waals surface area (Å²) in [5.41, 5.74) is 6.71. The Bertz CT molecular complexity index is 600. The molecule has 1 amide bonds. The number of hydrogen-bond acceptors (Lipinski definition) is 4. The van der Waals surface area contributed by atoms with E-state index in [4.69, 9.17) is 5.84 Å². The number of nitrogens with zero attached hydrogens (tertiary/aromatic N) is 3. The Morgan fingerprint density at radius 1 is 1.37 bits per heavy atom. The molecule has 0 spiro atoms. The summed E-state index contributed by atoms with van der Waals surface area (Å²) >= 11 is 0. The fourth-order valence-corrected chi connectivity index (χ4v) is 1.83. The first kappa shape index (κ1) is 13.2. The van der Waals surface area contributed by atoms with Crippen LogP contribution in [-0.2, 0) is 6.54 Å². The highest BCUT2D eigenvalue weighted by atomic mass is 16.2. The second-order valence-electron chi connectivity index (χ2n) is 4.47. The molecule has 0 aliphatic rings. The molecule has 2 aromatic heterocycles. The maximum Gasteiger partial charge on any atom is 0.266 e. The van der Waals surface area contributed by atoms with Crippen LogP contribution in [0.2, 0.25) is 0 Å². The summed E-state index contributed by atoms with van der Waals surface area (Å²) in [5, 5.41) is 4.46. The van der Waals surface area contributed by atoms with Crippen molar-refractivity contribution >= 4 is 5.91 Å². The highest BCUT2D eigenvalue weighted by molar-refractivity contribution is 5.93. The summed E-state index contributed by atoms with van der Waals surface area (Å²) < 4.78 is 1.91. The van der Waals surface area contributed by atoms with Gasteiger partial charge in [-0.1, -0.05) is 0 Å². The predicted octanol–water partition coefficient (Wildman–Crippen LogP) is 0.855. The summed E-state index contributed by atoms with van der Waals surface area (Å²) in [6, 6.07) is 3.50. The van der Waals surface area contributed by atoms with Crippen molar-refractivity contribution in [2.24, 2.45) is 5.84 Å². The number of hydrazine groups is 1. The molecule has 0 atom stereocenters. The fraction of sp³-hybridized carbons (Fsp3) is 0.308. The van der Waals surface area contributed by atoms with Gasteiger partial charge in [0.2, 0.25) is 0 Å². The van der Waals surface area contributed by atoms with Gasteiger partial charge in [-0.25, -0.2) is 5.84 Å². The quantitative estimate of drug-likeness (QED) is 0.486. The molecular formula is C13H17N5O. The van der Waals surface area contributed by atoms with Crippen molar-refractivity contribution < 1.29 is 4.79 Å². The second-order valence-corrected chi connectivity index (χ2v) is 4.47. The molecule has 2 aromatic rings. The molecule has 2 rings (SSSR count). The minimum Gasteiger partial charge on any atom is -0.290 e. The highest BCUT2D eigenvalue weighted by Gasteiger charge is 2.09. The van der Waals surface area contributed by atoms with Gasteiger partial charge in [0.1, 0.15) is 0 Å². The zero-order valence-corrected chi connectivity index (χ0v) is 11.3. The second kappa shape index (κ2) is 5.19. The van der Waals surface area contributed by atoms with Crippen LogP contribution >= 0.6 is 0 Å². The van der Waals surface area contributed by atoms with Crippen molar-refractivity contribution in [1.82, 2.24) is 20.2 Å². The number of hydrogen-bond donors (Lipinski definition) is 2. The van der Waals surface area contributed by atoms with Crippen LogP contribution < -0.4 is 11.3 Å². The van der Waals surface area contributed by atoms with E-state index in [9.17, 15) is 4.79 Å². The Kier molecular flexibility index (Phi) is 3.62. The van der Waals surface area contributed by atoms with Crippen molar-refractivity contribution in [2.45, 2.75) is 27.3 Å². The molecule has 0 radical (unpaired) electrons. The molecule has 0 saturated carbocycles. The molecule has 0 aliphatic carbocycles. The average Bonchev–Trinajstić information content (AvgIpc) is 2.66. The lowest BCUT2D eigenvalue weighted by Crippen LogP contribution is -2.30. The number of aryl methyl sites for hydroxylation is 1. The molecule has 0 fully saturated rings. The number of carbonyl (C=O) groups is 1. The third-order valence-electron chi connectivity index (χ3n) is 3.27. The van der Waals surface area contributed by atoms with E-state index >= 15 is 0 Å². The van der Waals surface area contributed by atoms with Crippen LogP contribution in [0, 0.1) is 20.8 Å². The van der Waals surface area contributed by atoms with Crippen LogP contribution in [0.3, 0.4) is 0 Å². The Balaban J connectivity index is 2.20. The molecule has 6 heteroatoms. The van der Waals surface area contributed by atoms with E-state index in [0.717, 1.165) is 17.1 Å². The summed E-state index contributed by atoms with van der Waals surface area (Å²) in [4.78, 5) is 15.5. The molecule has 3 N–H and O–H groups in total. The van der Waals surface area contributed by atoms with Gasteiger partial charge in [-0.05, 0) is 38.5 Å². The lowest BCUT2D eigenvalue weighted by molar-refractivity contribution is 0.0953. The standard InChI is InChI=1S/C13H17N5O/c1-8-9(2)17-18(10(8)3)7-12-5-4-11(6-15-12)13(19)16-14/h4-6H,7,14H2,1-3H3,(H,16,19). The van der Waals surface area contributed by atoms with Gasteiger partial charge >= 0.3 is 0 Å². The van der Waals surface area contributed by atoms with E-state index in [1.165, 1.54) is 11.8 Å². The zero-order valence-electron chi connectivity index (χ0n) is 11.3. The molecule has 0 unspecified atom stereocenters. The van der Waals surface area contributed by atoms with Gasteiger partial charge in [-0.2, -0.15) is 5.10 Å². The van der Waals surface area contributed by atoms with E-state index in [1.54, 1.807) is 12.1 Å². The predicted molar refractivity (Wildman–Crippen MR) is 71.4 cm³/mol. The SMILES string of the molecule is Cc1nn(Cc2ccc(C(=O)NN)cn2)c(C)c1C. The number of carbonyl (C=O) groups excluding carboxylic acids is 1. The molecule has 0 aliphatic heterocycles. The molecule has 0 saturated heterocycles. The van der Waals surface area contributed by atoms with Gasteiger partial charge in [0.15, 0.2) is 0 Å². The zero-order chi connectivity index (χ0) is 14.0. The lowest BCUT2D eigenvalue weighted by atomic mass is 10.2. The first-order valence-corrected chi connectivity index (χ1v) is 5.99. The third kappa shape index (κ3) is 2.63. The number of nitrogens with one attached hydrogen (secondary N) is 1. The minimum absolute atomic E-state index is 0.346. The van der Waals surface area contributed by atoms with Crippen molar-refractivity contribution in [3.8, 4) is 0 Å². The van der Waals surface area contributed by atoms with Crippen LogP contribution in [0.4, 0.5) is 0 Å². The Labute approximate surface area is 111 Å². The van der Waals surface area contributed by atoms with Crippen molar-refractivity contribution in [3.63, 3.8) is 0 Å². The van der Waals surface area contributed by atoms with Gasteiger partial charge in [0, 0.05) is 11.9 Å². The summed E-state index contributed by atoms with van der Waals surface area (Å²) in [6.07, 6.45) is 1.51. The summed E-state index contributed by atoms with van der Waals surface area (Å²) in [5.74, 6) is 4.72. The summed E-state index contributed by atoms with van der Waals surface area (Å²) in [7, 11) is 0. The topological polar surface area (TPSA) is 85.8 Å². The molecule has 19 heavy (non-hydrogen) atoms. The van der Waals surface area contributed by atoms with E-state index in [0.29, 0.717) is 12.1 Å². The van der Waals surface area contributed by atoms with E-state index in [-0.39, 0.29) is 5.91 Å². The number of nitrogen functional groups attached to an aromatic ring is 1. The smallest absolute Gasteiger partial charge is 0.266 e. The number of amides is 1. The average molecular weight is 259 g/mol. The Morgan fingerprint density at radius 2 is 2.11 bits per heavy atom. The fourth-order valence-electron chi connectivity index (χ4n) is 1.83. The highest BCUT2D eigenvalue weighted by Crippen LogP contribution is 2.12. The van der Waals surface area contributed by atoms with E-state index in [1.807, 2.05) is 18.5 Å². The monoisotopic (exact) mass is 259 g/mol. The Hall–Kier alpha value is -2.21. The van der Waals surface area contributed by atoms with Gasteiger partial charge in [0.05, 0.1) is 23.5 Å². The van der Waals surface area contributed by atoms with Crippen molar-refractivity contribution in [3.05, 3.63) is 46.5 Å². The van der Waals surface area contributed by atoms with Crippen molar-refractivity contribution in [2.75, 3.05) is 0 Å². The molecule has 6 nitrogen and oxygen atoms in total. The van der Waals surface area contributed by atoms with Crippen LogP contribution in [0.15, 0.2) is 18.3 Å². The van der Waals surface area contributed by atoms with Gasteiger partial charge in [-0.15, -0.1) is 0 Å². The number of nitrogens with two attached hydrogens (primary N) is 1. The van der Waals surface area contributed by atoms with Gasteiger partial charge < -0.3 is 0 Å². The summed E-state index contributed by atoms with van der Waals surface area (Å²) in [6.45, 7) is 6.66. The maximum atomic E-state index is 11.3. The normalized spacial score (nSPS) is 10.5. The van der Waals surface area contributed by atoms with Crippen LogP contribution in [0.5, 0.6) is 0 Å². The largest absolute Gasteiger partial charge is 0.290 e. The van der Waals surface area contributed by atoms with Gasteiger partial charge in [0.25, 0.3) is 5.91 Å². The number of pyridine rings is 1. The van der Waals surface area contributed by atoms with Crippen molar-refractivity contribution in [1.29, 1.82) is 0 Å². The lowest BCUT2D eigenvalue weighted by Gasteiger charge is -2.05. The molecule has 100 valence electrons.